The predicted octanol–water partition coefficient (Wildman–Crippen LogP) is 2.38. The number of carbonyl (C=O) groups is 1. The largest absolute Gasteiger partial charge is 0.423 e. The summed E-state index contributed by atoms with van der Waals surface area (Å²) in [6.45, 7) is 0. The summed E-state index contributed by atoms with van der Waals surface area (Å²) in [5, 5.41) is 8.92. The molecule has 5 heteroatoms. The molecule has 19 heavy (non-hydrogen) atoms. The molecule has 0 saturated heterocycles. The van der Waals surface area contributed by atoms with E-state index in [9.17, 15) is 9.18 Å². The van der Waals surface area contributed by atoms with Crippen LogP contribution in [0.3, 0.4) is 0 Å². The molecule has 0 aliphatic heterocycles. The Kier molecular flexibility index (Phi) is 3.53. The lowest BCUT2D eigenvalue weighted by Crippen LogP contribution is -2.34. The molecule has 0 spiro atoms. The number of ether oxygens (including phenoxy) is 1. The average Bonchev–Trinajstić information content (AvgIpc) is 2.48. The van der Waals surface area contributed by atoms with Crippen LogP contribution < -0.4 is 4.74 Å². The Morgan fingerprint density at radius 3 is 2.47 bits per heavy atom. The van der Waals surface area contributed by atoms with E-state index in [1.807, 2.05) is 0 Å². The predicted molar refractivity (Wildman–Crippen MR) is 64.7 cm³/mol. The Morgan fingerprint density at radius 1 is 1.21 bits per heavy atom. The molecular formula is C14H9FN2O2. The van der Waals surface area contributed by atoms with Crippen LogP contribution in [-0.2, 0) is 10.5 Å². The van der Waals surface area contributed by atoms with E-state index < -0.39 is 11.6 Å². The Hall–Kier alpha value is -2.74. The fraction of sp³-hybridized carbons (Fsp3) is 0.0714. The van der Waals surface area contributed by atoms with E-state index in [0.29, 0.717) is 0 Å². The molecule has 0 saturated carbocycles. The van der Waals surface area contributed by atoms with Crippen LogP contribution >= 0.6 is 0 Å². The van der Waals surface area contributed by atoms with Crippen molar-refractivity contribution in [1.29, 1.82) is 5.26 Å². The molecule has 4 nitrogen and oxygen atoms in total. The highest BCUT2D eigenvalue weighted by molar-refractivity contribution is 5.85. The molecule has 1 heterocycles. The number of rotatable bonds is 3. The van der Waals surface area contributed by atoms with Crippen LogP contribution in [-0.4, -0.2) is 11.0 Å². The summed E-state index contributed by atoms with van der Waals surface area (Å²) >= 11 is 0. The van der Waals surface area contributed by atoms with Gasteiger partial charge in [0.05, 0.1) is 0 Å². The quantitative estimate of drug-likeness (QED) is 0.624. The van der Waals surface area contributed by atoms with E-state index in [1.54, 1.807) is 24.3 Å². The molecule has 2 aromatic rings. The highest BCUT2D eigenvalue weighted by Crippen LogP contribution is 2.26. The monoisotopic (exact) mass is 256 g/mol. The highest BCUT2D eigenvalue weighted by atomic mass is 19.1. The third-order valence-corrected chi connectivity index (χ3v) is 2.41. The van der Waals surface area contributed by atoms with Gasteiger partial charge in [-0.2, -0.15) is 5.26 Å². The molecule has 0 bridgehead atoms. The third kappa shape index (κ3) is 2.58. The number of para-hydroxylation sites is 1. The Balaban J connectivity index is 2.28. The first kappa shape index (κ1) is 12.7. The van der Waals surface area contributed by atoms with E-state index in [0.717, 1.165) is 0 Å². The van der Waals surface area contributed by atoms with Gasteiger partial charge in [0.1, 0.15) is 17.5 Å². The summed E-state index contributed by atoms with van der Waals surface area (Å²) in [5.74, 6) is -1.14. The molecule has 0 aliphatic rings. The average molecular weight is 256 g/mol. The summed E-state index contributed by atoms with van der Waals surface area (Å²) in [6.07, 6.45) is 1.30. The van der Waals surface area contributed by atoms with Gasteiger partial charge in [0.2, 0.25) is 0 Å². The summed E-state index contributed by atoms with van der Waals surface area (Å²) in [4.78, 5) is 15.5. The number of nitrogens with zero attached hydrogens (tertiary/aromatic N) is 2. The van der Waals surface area contributed by atoms with Gasteiger partial charge in [-0.3, -0.25) is 4.98 Å². The first-order valence-electron chi connectivity index (χ1n) is 5.46. The van der Waals surface area contributed by atoms with E-state index in [-0.39, 0.29) is 11.4 Å². The number of pyridine rings is 1. The molecule has 1 atom stereocenters. The summed E-state index contributed by atoms with van der Waals surface area (Å²) in [5.41, 5.74) is -3.21. The molecule has 1 aromatic carbocycles. The second-order valence-electron chi connectivity index (χ2n) is 3.69. The maximum Gasteiger partial charge on any atom is 0.370 e. The summed E-state index contributed by atoms with van der Waals surface area (Å²) in [7, 11) is 0. The van der Waals surface area contributed by atoms with Crippen LogP contribution in [0.1, 0.15) is 5.69 Å². The van der Waals surface area contributed by atoms with Crippen molar-refractivity contribution in [2.24, 2.45) is 0 Å². The van der Waals surface area contributed by atoms with Crippen LogP contribution in [0.4, 0.5) is 4.39 Å². The van der Waals surface area contributed by atoms with Crippen molar-refractivity contribution in [2.75, 3.05) is 0 Å². The van der Waals surface area contributed by atoms with Gasteiger partial charge in [-0.1, -0.05) is 24.3 Å². The fourth-order valence-electron chi connectivity index (χ4n) is 1.44. The van der Waals surface area contributed by atoms with Crippen molar-refractivity contribution in [3.05, 3.63) is 60.4 Å². The minimum absolute atomic E-state index is 0.167. The number of hydrogen-bond donors (Lipinski definition) is 0. The van der Waals surface area contributed by atoms with Crippen molar-refractivity contribution < 1.29 is 13.9 Å². The number of benzene rings is 1. The van der Waals surface area contributed by atoms with Crippen molar-refractivity contribution in [3.63, 3.8) is 0 Å². The number of aromatic nitrogens is 1. The van der Waals surface area contributed by atoms with Gasteiger partial charge >= 0.3 is 11.6 Å². The van der Waals surface area contributed by atoms with Gasteiger partial charge in [0.25, 0.3) is 0 Å². The fourth-order valence-corrected chi connectivity index (χ4v) is 1.44. The van der Waals surface area contributed by atoms with E-state index in [1.165, 1.54) is 36.5 Å². The molecule has 1 aromatic heterocycles. The number of esters is 1. The third-order valence-electron chi connectivity index (χ3n) is 2.41. The smallest absolute Gasteiger partial charge is 0.370 e. The van der Waals surface area contributed by atoms with Gasteiger partial charge in [0.15, 0.2) is 0 Å². The van der Waals surface area contributed by atoms with Crippen molar-refractivity contribution in [3.8, 4) is 11.8 Å². The first-order chi connectivity index (χ1) is 9.16. The molecule has 0 amide bonds. The second kappa shape index (κ2) is 5.27. The van der Waals surface area contributed by atoms with E-state index >= 15 is 0 Å². The summed E-state index contributed by atoms with van der Waals surface area (Å²) in [6, 6.07) is 13.6. The minimum Gasteiger partial charge on any atom is -0.423 e. The Bertz CT molecular complexity index is 610. The molecular weight excluding hydrogens is 247 g/mol. The standard InChI is InChI=1S/C14H9FN2O2/c15-14(10-16,12-8-4-5-9-17-12)13(18)19-11-6-2-1-3-7-11/h1-9H. The lowest BCUT2D eigenvalue weighted by Gasteiger charge is -2.15. The van der Waals surface area contributed by atoms with Crippen molar-refractivity contribution in [1.82, 2.24) is 4.98 Å². The number of halogens is 1. The number of hydrogen-bond acceptors (Lipinski definition) is 4. The highest BCUT2D eigenvalue weighted by Gasteiger charge is 2.44. The maximum absolute atomic E-state index is 14.4. The molecule has 0 radical (unpaired) electrons. The van der Waals surface area contributed by atoms with Crippen molar-refractivity contribution in [2.45, 2.75) is 5.67 Å². The number of carbonyl (C=O) groups excluding carboxylic acids is 1. The number of nitriles is 1. The summed E-state index contributed by atoms with van der Waals surface area (Å²) < 4.78 is 19.3. The zero-order valence-electron chi connectivity index (χ0n) is 9.79. The van der Waals surface area contributed by atoms with E-state index in [2.05, 4.69) is 4.98 Å². The van der Waals surface area contributed by atoms with Crippen LogP contribution in [0.15, 0.2) is 54.7 Å². The van der Waals surface area contributed by atoms with Crippen molar-refractivity contribution >= 4 is 5.97 Å². The molecule has 1 unspecified atom stereocenters. The minimum atomic E-state index is -2.92. The van der Waals surface area contributed by atoms with E-state index in [4.69, 9.17) is 10.00 Å². The lowest BCUT2D eigenvalue weighted by molar-refractivity contribution is -0.144. The molecule has 0 fully saturated rings. The van der Waals surface area contributed by atoms with Crippen LogP contribution in [0.5, 0.6) is 5.75 Å². The van der Waals surface area contributed by atoms with Gasteiger partial charge in [0, 0.05) is 6.20 Å². The number of alkyl halides is 1. The zero-order chi connectivity index (χ0) is 13.7. The van der Waals surface area contributed by atoms with Gasteiger partial charge in [-0.25, -0.2) is 9.18 Å². The maximum atomic E-state index is 14.4. The van der Waals surface area contributed by atoms with Gasteiger partial charge in [-0.15, -0.1) is 0 Å². The van der Waals surface area contributed by atoms with Gasteiger partial charge < -0.3 is 4.74 Å². The SMILES string of the molecule is N#CC(F)(C(=O)Oc1ccccc1)c1ccccn1. The van der Waals surface area contributed by atoms with Crippen LogP contribution in [0.2, 0.25) is 0 Å². The zero-order valence-corrected chi connectivity index (χ0v) is 9.79. The molecule has 2 rings (SSSR count). The van der Waals surface area contributed by atoms with Gasteiger partial charge in [-0.05, 0) is 24.3 Å². The molecule has 94 valence electrons. The van der Waals surface area contributed by atoms with Crippen LogP contribution in [0, 0.1) is 11.3 Å². The first-order valence-corrected chi connectivity index (χ1v) is 5.46. The topological polar surface area (TPSA) is 63.0 Å². The lowest BCUT2D eigenvalue weighted by atomic mass is 10.0. The Labute approximate surface area is 109 Å². The molecule has 0 N–H and O–H groups in total. The normalized spacial score (nSPS) is 13.1. The second-order valence-corrected chi connectivity index (χ2v) is 3.69. The Morgan fingerprint density at radius 2 is 1.89 bits per heavy atom. The molecule has 0 aliphatic carbocycles. The van der Waals surface area contributed by atoms with Crippen LogP contribution in [0.25, 0.3) is 0 Å².